The lowest BCUT2D eigenvalue weighted by Gasteiger charge is -2.13. The van der Waals surface area contributed by atoms with E-state index in [4.69, 9.17) is 9.15 Å². The summed E-state index contributed by atoms with van der Waals surface area (Å²) in [4.78, 5) is 12.0. The van der Waals surface area contributed by atoms with E-state index in [1.54, 1.807) is 0 Å². The summed E-state index contributed by atoms with van der Waals surface area (Å²) in [6.45, 7) is 3.79. The molecular formula is C17H22N2O3. The van der Waals surface area contributed by atoms with Crippen molar-refractivity contribution in [2.75, 3.05) is 19.7 Å². The van der Waals surface area contributed by atoms with Crippen LogP contribution in [-0.2, 0) is 9.53 Å². The second kappa shape index (κ2) is 6.94. The number of rotatable bonds is 6. The third-order valence-electron chi connectivity index (χ3n) is 3.93. The number of ether oxygens (including phenoxy) is 1. The maximum atomic E-state index is 12.0. The summed E-state index contributed by atoms with van der Waals surface area (Å²) < 4.78 is 11.3. The number of furan rings is 1. The SMILES string of the molecule is CC(NC(=O)CNCC1CCCO1)c1cc2ccccc2o1. The fourth-order valence-electron chi connectivity index (χ4n) is 2.73. The zero-order valence-electron chi connectivity index (χ0n) is 12.8. The van der Waals surface area contributed by atoms with Crippen molar-refractivity contribution in [1.82, 2.24) is 10.6 Å². The normalized spacial score (nSPS) is 19.4. The van der Waals surface area contributed by atoms with E-state index in [9.17, 15) is 4.79 Å². The Bertz CT molecular complexity index is 599. The predicted molar refractivity (Wildman–Crippen MR) is 84.6 cm³/mol. The fraction of sp³-hybridized carbons (Fsp3) is 0.471. The smallest absolute Gasteiger partial charge is 0.234 e. The first-order valence-electron chi connectivity index (χ1n) is 7.82. The van der Waals surface area contributed by atoms with Crippen LogP contribution in [0.25, 0.3) is 11.0 Å². The maximum Gasteiger partial charge on any atom is 0.234 e. The van der Waals surface area contributed by atoms with Crippen LogP contribution in [0.3, 0.4) is 0 Å². The van der Waals surface area contributed by atoms with Crippen molar-refractivity contribution in [3.8, 4) is 0 Å². The second-order valence-electron chi connectivity index (χ2n) is 5.74. The Labute approximate surface area is 130 Å². The molecule has 1 fully saturated rings. The Kier molecular flexibility index (Phi) is 4.75. The summed E-state index contributed by atoms with van der Waals surface area (Å²) in [7, 11) is 0. The van der Waals surface area contributed by atoms with Gasteiger partial charge in [0, 0.05) is 18.5 Å². The highest BCUT2D eigenvalue weighted by Gasteiger charge is 2.16. The van der Waals surface area contributed by atoms with Crippen molar-refractivity contribution >= 4 is 16.9 Å². The van der Waals surface area contributed by atoms with E-state index in [0.717, 1.165) is 42.7 Å². The van der Waals surface area contributed by atoms with Crippen LogP contribution in [0.1, 0.15) is 31.6 Å². The fourth-order valence-corrected chi connectivity index (χ4v) is 2.73. The van der Waals surface area contributed by atoms with Crippen molar-refractivity contribution < 1.29 is 13.9 Å². The molecule has 1 amide bonds. The van der Waals surface area contributed by atoms with Gasteiger partial charge in [0.2, 0.25) is 5.91 Å². The molecule has 2 atom stereocenters. The summed E-state index contributed by atoms with van der Waals surface area (Å²) in [5.74, 6) is 0.736. The molecule has 0 spiro atoms. The van der Waals surface area contributed by atoms with Gasteiger partial charge in [0.1, 0.15) is 11.3 Å². The standard InChI is InChI=1S/C17H22N2O3/c1-12(16-9-13-5-2-3-7-15(13)22-16)19-17(20)11-18-10-14-6-4-8-21-14/h2-3,5,7,9,12,14,18H,4,6,8,10-11H2,1H3,(H,19,20). The number of carbonyl (C=O) groups excluding carboxylic acids is 1. The molecule has 22 heavy (non-hydrogen) atoms. The number of hydrogen-bond acceptors (Lipinski definition) is 4. The second-order valence-corrected chi connectivity index (χ2v) is 5.74. The lowest BCUT2D eigenvalue weighted by atomic mass is 10.2. The van der Waals surface area contributed by atoms with Crippen LogP contribution in [0.15, 0.2) is 34.7 Å². The van der Waals surface area contributed by atoms with Crippen LogP contribution in [-0.4, -0.2) is 31.7 Å². The van der Waals surface area contributed by atoms with Crippen LogP contribution in [0.4, 0.5) is 0 Å². The van der Waals surface area contributed by atoms with Gasteiger partial charge in [-0.3, -0.25) is 4.79 Å². The maximum absolute atomic E-state index is 12.0. The van der Waals surface area contributed by atoms with Gasteiger partial charge in [0.05, 0.1) is 18.7 Å². The molecule has 1 aliphatic rings. The zero-order chi connectivity index (χ0) is 15.4. The first kappa shape index (κ1) is 15.1. The molecule has 5 heteroatoms. The quantitative estimate of drug-likeness (QED) is 0.860. The number of nitrogens with one attached hydrogen (secondary N) is 2. The molecule has 2 unspecified atom stereocenters. The third-order valence-corrected chi connectivity index (χ3v) is 3.93. The minimum absolute atomic E-state index is 0.0362. The van der Waals surface area contributed by atoms with Gasteiger partial charge in [-0.15, -0.1) is 0 Å². The number of hydrogen-bond donors (Lipinski definition) is 2. The summed E-state index contributed by atoms with van der Waals surface area (Å²) in [5, 5.41) is 7.14. The lowest BCUT2D eigenvalue weighted by Crippen LogP contribution is -2.38. The summed E-state index contributed by atoms with van der Waals surface area (Å²) in [6, 6.07) is 9.66. The molecule has 3 rings (SSSR count). The molecular weight excluding hydrogens is 280 g/mol. The van der Waals surface area contributed by atoms with Gasteiger partial charge in [0.15, 0.2) is 0 Å². The van der Waals surface area contributed by atoms with Gasteiger partial charge in [-0.05, 0) is 31.9 Å². The minimum atomic E-state index is -0.149. The average Bonchev–Trinajstić information content (AvgIpc) is 3.16. The molecule has 1 aromatic carbocycles. The molecule has 1 aromatic heterocycles. The Balaban J connectivity index is 1.47. The van der Waals surface area contributed by atoms with Crippen LogP contribution in [0, 0.1) is 0 Å². The topological polar surface area (TPSA) is 63.5 Å². The van der Waals surface area contributed by atoms with Crippen molar-refractivity contribution in [2.45, 2.75) is 31.9 Å². The summed E-state index contributed by atoms with van der Waals surface area (Å²) >= 11 is 0. The van der Waals surface area contributed by atoms with Crippen LogP contribution in [0.2, 0.25) is 0 Å². The molecule has 1 aliphatic heterocycles. The van der Waals surface area contributed by atoms with Crippen LogP contribution >= 0.6 is 0 Å². The molecule has 0 radical (unpaired) electrons. The van der Waals surface area contributed by atoms with E-state index in [2.05, 4.69) is 10.6 Å². The molecule has 2 heterocycles. The van der Waals surface area contributed by atoms with Gasteiger partial charge in [-0.2, -0.15) is 0 Å². The minimum Gasteiger partial charge on any atom is -0.459 e. The van der Waals surface area contributed by atoms with Gasteiger partial charge < -0.3 is 19.8 Å². The molecule has 5 nitrogen and oxygen atoms in total. The van der Waals surface area contributed by atoms with Gasteiger partial charge in [-0.25, -0.2) is 0 Å². The van der Waals surface area contributed by atoms with E-state index >= 15 is 0 Å². The Morgan fingerprint density at radius 2 is 2.27 bits per heavy atom. The zero-order valence-corrected chi connectivity index (χ0v) is 12.8. The van der Waals surface area contributed by atoms with E-state index in [0.29, 0.717) is 6.54 Å². The first-order chi connectivity index (χ1) is 10.7. The highest BCUT2D eigenvalue weighted by Crippen LogP contribution is 2.23. The number of fused-ring (bicyclic) bond motifs is 1. The summed E-state index contributed by atoms with van der Waals surface area (Å²) in [6.07, 6.45) is 2.44. The third kappa shape index (κ3) is 3.67. The van der Waals surface area contributed by atoms with Crippen molar-refractivity contribution in [3.63, 3.8) is 0 Å². The van der Waals surface area contributed by atoms with Crippen molar-refractivity contribution in [3.05, 3.63) is 36.1 Å². The monoisotopic (exact) mass is 302 g/mol. The van der Waals surface area contributed by atoms with Crippen molar-refractivity contribution in [2.24, 2.45) is 0 Å². The van der Waals surface area contributed by atoms with E-state index in [1.807, 2.05) is 37.3 Å². The lowest BCUT2D eigenvalue weighted by molar-refractivity contribution is -0.121. The summed E-state index contributed by atoms with van der Waals surface area (Å²) in [5.41, 5.74) is 0.843. The molecule has 118 valence electrons. The first-order valence-corrected chi connectivity index (χ1v) is 7.82. The molecule has 2 N–H and O–H groups in total. The Hall–Kier alpha value is -1.85. The molecule has 0 aliphatic carbocycles. The van der Waals surface area contributed by atoms with Gasteiger partial charge in [0.25, 0.3) is 0 Å². The number of para-hydroxylation sites is 1. The van der Waals surface area contributed by atoms with Gasteiger partial charge in [-0.1, -0.05) is 18.2 Å². The largest absolute Gasteiger partial charge is 0.459 e. The Morgan fingerprint density at radius 3 is 3.05 bits per heavy atom. The van der Waals surface area contributed by atoms with E-state index in [-0.39, 0.29) is 18.1 Å². The van der Waals surface area contributed by atoms with Gasteiger partial charge >= 0.3 is 0 Å². The van der Waals surface area contributed by atoms with Crippen LogP contribution in [0.5, 0.6) is 0 Å². The molecule has 0 bridgehead atoms. The van der Waals surface area contributed by atoms with Crippen molar-refractivity contribution in [1.29, 1.82) is 0 Å². The highest BCUT2D eigenvalue weighted by molar-refractivity contribution is 5.80. The Morgan fingerprint density at radius 1 is 1.41 bits per heavy atom. The van der Waals surface area contributed by atoms with E-state index < -0.39 is 0 Å². The number of benzene rings is 1. The van der Waals surface area contributed by atoms with Crippen LogP contribution < -0.4 is 10.6 Å². The highest BCUT2D eigenvalue weighted by atomic mass is 16.5. The number of amides is 1. The predicted octanol–water partition coefficient (Wildman–Crippen LogP) is 2.38. The molecule has 1 saturated heterocycles. The molecule has 2 aromatic rings. The van der Waals surface area contributed by atoms with E-state index in [1.165, 1.54) is 0 Å². The average molecular weight is 302 g/mol. The number of carbonyl (C=O) groups is 1. The molecule has 0 saturated carbocycles.